The van der Waals surface area contributed by atoms with Gasteiger partial charge in [0.25, 0.3) is 0 Å². The lowest BCUT2D eigenvalue weighted by Gasteiger charge is -2.31. The number of nitrogens with zero attached hydrogens (tertiary/aromatic N) is 2. The standard InChI is InChI=1S/C11H13FN2O3/c12-9-4-1-5-10(11(9)14(16)17)13-6-2-3-8(15)7-13/h1,4-5,8,15H,2-3,6-7H2/t8-/m1/s1. The number of nitro benzene ring substituents is 1. The van der Waals surface area contributed by atoms with E-state index in [1.54, 1.807) is 4.90 Å². The molecule has 1 aromatic rings. The van der Waals surface area contributed by atoms with Gasteiger partial charge in [-0.1, -0.05) is 6.07 Å². The normalized spacial score (nSPS) is 20.4. The molecule has 6 heteroatoms. The van der Waals surface area contributed by atoms with Gasteiger partial charge in [0.05, 0.1) is 11.0 Å². The van der Waals surface area contributed by atoms with Crippen molar-refractivity contribution < 1.29 is 14.4 Å². The minimum atomic E-state index is -0.840. The first-order chi connectivity index (χ1) is 8.09. The highest BCUT2D eigenvalue weighted by molar-refractivity contribution is 5.64. The van der Waals surface area contributed by atoms with Crippen molar-refractivity contribution in [1.29, 1.82) is 0 Å². The molecular weight excluding hydrogens is 227 g/mol. The number of para-hydroxylation sites is 1. The molecule has 1 aromatic carbocycles. The molecule has 1 aliphatic heterocycles. The van der Waals surface area contributed by atoms with E-state index in [-0.39, 0.29) is 5.69 Å². The summed E-state index contributed by atoms with van der Waals surface area (Å²) in [4.78, 5) is 11.8. The second-order valence-corrected chi connectivity index (χ2v) is 4.11. The zero-order chi connectivity index (χ0) is 12.4. The van der Waals surface area contributed by atoms with Crippen LogP contribution in [-0.4, -0.2) is 29.2 Å². The van der Waals surface area contributed by atoms with Gasteiger partial charge in [-0.3, -0.25) is 10.1 Å². The average molecular weight is 240 g/mol. The van der Waals surface area contributed by atoms with Crippen molar-refractivity contribution in [1.82, 2.24) is 0 Å². The van der Waals surface area contributed by atoms with Gasteiger partial charge in [-0.05, 0) is 25.0 Å². The van der Waals surface area contributed by atoms with Crippen LogP contribution in [0.1, 0.15) is 12.8 Å². The molecule has 0 spiro atoms. The molecule has 0 aromatic heterocycles. The number of aliphatic hydroxyl groups excluding tert-OH is 1. The first-order valence-corrected chi connectivity index (χ1v) is 5.45. The quantitative estimate of drug-likeness (QED) is 0.631. The second-order valence-electron chi connectivity index (χ2n) is 4.11. The Balaban J connectivity index is 2.37. The topological polar surface area (TPSA) is 66.6 Å². The van der Waals surface area contributed by atoms with Crippen LogP contribution in [-0.2, 0) is 0 Å². The predicted molar refractivity (Wildman–Crippen MR) is 60.5 cm³/mol. The van der Waals surface area contributed by atoms with E-state index in [2.05, 4.69) is 0 Å². The van der Waals surface area contributed by atoms with E-state index in [0.717, 1.165) is 12.5 Å². The summed E-state index contributed by atoms with van der Waals surface area (Å²) >= 11 is 0. The first kappa shape index (κ1) is 11.8. The summed E-state index contributed by atoms with van der Waals surface area (Å²) in [5, 5.41) is 20.4. The first-order valence-electron chi connectivity index (χ1n) is 5.45. The van der Waals surface area contributed by atoms with Crippen LogP contribution < -0.4 is 4.90 Å². The molecule has 1 heterocycles. The Kier molecular flexibility index (Phi) is 3.23. The van der Waals surface area contributed by atoms with Gasteiger partial charge in [0, 0.05) is 13.1 Å². The van der Waals surface area contributed by atoms with Crippen LogP contribution in [0.25, 0.3) is 0 Å². The van der Waals surface area contributed by atoms with Gasteiger partial charge in [0.15, 0.2) is 0 Å². The van der Waals surface area contributed by atoms with Crippen LogP contribution >= 0.6 is 0 Å². The lowest BCUT2D eigenvalue weighted by Crippen LogP contribution is -2.38. The molecule has 2 rings (SSSR count). The van der Waals surface area contributed by atoms with Crippen molar-refractivity contribution in [3.8, 4) is 0 Å². The number of piperidine rings is 1. The third-order valence-electron chi connectivity index (χ3n) is 2.89. The summed E-state index contributed by atoms with van der Waals surface area (Å²) in [7, 11) is 0. The maximum absolute atomic E-state index is 13.4. The smallest absolute Gasteiger partial charge is 0.327 e. The monoisotopic (exact) mass is 240 g/mol. The highest BCUT2D eigenvalue weighted by atomic mass is 19.1. The molecule has 17 heavy (non-hydrogen) atoms. The molecule has 1 fully saturated rings. The van der Waals surface area contributed by atoms with Gasteiger partial charge in [0.2, 0.25) is 5.82 Å². The second kappa shape index (κ2) is 4.67. The molecule has 0 radical (unpaired) electrons. The fourth-order valence-corrected chi connectivity index (χ4v) is 2.11. The number of rotatable bonds is 2. The van der Waals surface area contributed by atoms with Crippen LogP contribution in [0.5, 0.6) is 0 Å². The third-order valence-corrected chi connectivity index (χ3v) is 2.89. The third kappa shape index (κ3) is 2.36. The van der Waals surface area contributed by atoms with Crippen LogP contribution in [0.3, 0.4) is 0 Å². The molecule has 0 unspecified atom stereocenters. The number of nitro groups is 1. The largest absolute Gasteiger partial charge is 0.391 e. The lowest BCUT2D eigenvalue weighted by molar-refractivity contribution is -0.386. The van der Waals surface area contributed by atoms with E-state index < -0.39 is 22.5 Å². The molecule has 0 amide bonds. The van der Waals surface area contributed by atoms with Crippen molar-refractivity contribution in [3.63, 3.8) is 0 Å². The summed E-state index contributed by atoms with van der Waals surface area (Å²) in [5.74, 6) is -0.840. The van der Waals surface area contributed by atoms with Gasteiger partial charge in [-0.15, -0.1) is 0 Å². The molecule has 5 nitrogen and oxygen atoms in total. The Bertz CT molecular complexity index is 439. The van der Waals surface area contributed by atoms with Gasteiger partial charge in [-0.2, -0.15) is 4.39 Å². The molecule has 1 atom stereocenters. The SMILES string of the molecule is O=[N+]([O-])c1c(F)cccc1N1CCC[C@@H](O)C1. The van der Waals surface area contributed by atoms with E-state index in [1.165, 1.54) is 12.1 Å². The minimum absolute atomic E-state index is 0.244. The fraction of sp³-hybridized carbons (Fsp3) is 0.455. The number of benzene rings is 1. The van der Waals surface area contributed by atoms with E-state index in [4.69, 9.17) is 0 Å². The van der Waals surface area contributed by atoms with Crippen molar-refractivity contribution in [3.05, 3.63) is 34.1 Å². The molecule has 92 valence electrons. The van der Waals surface area contributed by atoms with Crippen LogP contribution in [0.15, 0.2) is 18.2 Å². The maximum atomic E-state index is 13.4. The zero-order valence-corrected chi connectivity index (χ0v) is 9.17. The van der Waals surface area contributed by atoms with Gasteiger partial charge >= 0.3 is 5.69 Å². The van der Waals surface area contributed by atoms with Crippen molar-refractivity contribution in [2.24, 2.45) is 0 Å². The number of anilines is 1. The van der Waals surface area contributed by atoms with Crippen molar-refractivity contribution >= 4 is 11.4 Å². The molecule has 0 aliphatic carbocycles. The molecule has 1 saturated heterocycles. The van der Waals surface area contributed by atoms with Crippen molar-refractivity contribution in [2.75, 3.05) is 18.0 Å². The average Bonchev–Trinajstić information content (AvgIpc) is 2.28. The van der Waals surface area contributed by atoms with E-state index in [1.807, 2.05) is 0 Å². The highest BCUT2D eigenvalue weighted by Crippen LogP contribution is 2.32. The summed E-state index contributed by atoms with van der Waals surface area (Å²) < 4.78 is 13.4. The Morgan fingerprint density at radius 1 is 1.53 bits per heavy atom. The minimum Gasteiger partial charge on any atom is -0.391 e. The van der Waals surface area contributed by atoms with Gasteiger partial charge in [0.1, 0.15) is 5.69 Å². The number of hydrogen-bond acceptors (Lipinski definition) is 4. The Labute approximate surface area is 97.6 Å². The molecule has 0 bridgehead atoms. The lowest BCUT2D eigenvalue weighted by atomic mass is 10.1. The number of aliphatic hydroxyl groups is 1. The Morgan fingerprint density at radius 3 is 2.94 bits per heavy atom. The molecule has 1 N–H and O–H groups in total. The van der Waals surface area contributed by atoms with E-state index in [0.29, 0.717) is 19.5 Å². The van der Waals surface area contributed by atoms with E-state index in [9.17, 15) is 19.6 Å². The molecule has 1 aliphatic rings. The molecular formula is C11H13FN2O3. The molecule has 0 saturated carbocycles. The summed E-state index contributed by atoms with van der Waals surface area (Å²) in [6, 6.07) is 4.03. The Morgan fingerprint density at radius 2 is 2.29 bits per heavy atom. The van der Waals surface area contributed by atoms with E-state index >= 15 is 0 Å². The van der Waals surface area contributed by atoms with Crippen molar-refractivity contribution in [2.45, 2.75) is 18.9 Å². The van der Waals surface area contributed by atoms with Gasteiger partial charge in [-0.25, -0.2) is 0 Å². The van der Waals surface area contributed by atoms with Crippen LogP contribution in [0.4, 0.5) is 15.8 Å². The highest BCUT2D eigenvalue weighted by Gasteiger charge is 2.27. The summed E-state index contributed by atoms with van der Waals surface area (Å²) in [5.41, 5.74) is -0.268. The predicted octanol–water partition coefficient (Wildman–Crippen LogP) is 1.69. The van der Waals surface area contributed by atoms with Crippen LogP contribution in [0.2, 0.25) is 0 Å². The van der Waals surface area contributed by atoms with Gasteiger partial charge < -0.3 is 10.0 Å². The zero-order valence-electron chi connectivity index (χ0n) is 9.17. The number of β-amino-alcohol motifs (C(OH)–C–C–N with tert-alkyl or cyclic N) is 1. The maximum Gasteiger partial charge on any atom is 0.327 e. The Hall–Kier alpha value is -1.69. The number of hydrogen-bond donors (Lipinski definition) is 1. The number of halogens is 1. The summed E-state index contributed by atoms with van der Waals surface area (Å²) in [6.07, 6.45) is 0.917. The van der Waals surface area contributed by atoms with Crippen LogP contribution in [0, 0.1) is 15.9 Å². The summed E-state index contributed by atoms with van der Waals surface area (Å²) in [6.45, 7) is 0.908. The fourth-order valence-electron chi connectivity index (χ4n) is 2.11.